The third-order valence-corrected chi connectivity index (χ3v) is 4.30. The minimum atomic E-state index is -4.60. The Bertz CT molecular complexity index is 788. The molecule has 2 rings (SSSR count). The van der Waals surface area contributed by atoms with Crippen LogP contribution in [0.4, 0.5) is 13.2 Å². The van der Waals surface area contributed by atoms with Crippen LogP contribution in [0.15, 0.2) is 17.0 Å². The second-order valence-corrected chi connectivity index (χ2v) is 6.29. The van der Waals surface area contributed by atoms with Crippen LogP contribution in [0.2, 0.25) is 10.0 Å². The highest BCUT2D eigenvalue weighted by Gasteiger charge is 2.33. The fourth-order valence-corrected chi connectivity index (χ4v) is 3.31. The second kappa shape index (κ2) is 5.91. The van der Waals surface area contributed by atoms with Gasteiger partial charge in [0, 0.05) is 11.8 Å². The zero-order valence-corrected chi connectivity index (χ0v) is 13.1. The Kier molecular flexibility index (Phi) is 4.52. The number of H-pyrrole nitrogens is 1. The second-order valence-electron chi connectivity index (χ2n) is 4.15. The molecule has 0 radical (unpaired) electrons. The van der Waals surface area contributed by atoms with E-state index in [1.807, 2.05) is 0 Å². The van der Waals surface area contributed by atoms with Gasteiger partial charge < -0.3 is 0 Å². The largest absolute Gasteiger partial charge is 0.416 e. The van der Waals surface area contributed by atoms with E-state index in [2.05, 4.69) is 10.2 Å². The third-order valence-electron chi connectivity index (χ3n) is 2.73. The van der Waals surface area contributed by atoms with Crippen molar-refractivity contribution in [2.24, 2.45) is 0 Å². The van der Waals surface area contributed by atoms with Crippen LogP contribution in [0.5, 0.6) is 0 Å². The molecule has 1 aromatic carbocycles. The van der Waals surface area contributed by atoms with E-state index in [9.17, 15) is 17.4 Å². The fourth-order valence-electron chi connectivity index (χ4n) is 1.83. The normalized spacial score (nSPS) is 13.0. The van der Waals surface area contributed by atoms with Crippen molar-refractivity contribution >= 4 is 34.0 Å². The molecule has 1 unspecified atom stereocenters. The van der Waals surface area contributed by atoms with Gasteiger partial charge in [-0.3, -0.25) is 9.31 Å². The lowest BCUT2D eigenvalue weighted by molar-refractivity contribution is -0.137. The highest BCUT2D eigenvalue weighted by atomic mass is 35.5. The van der Waals surface area contributed by atoms with Gasteiger partial charge >= 0.3 is 6.18 Å². The van der Waals surface area contributed by atoms with Crippen LogP contribution in [-0.2, 0) is 17.0 Å². The number of hydrogen-bond donors (Lipinski definition) is 1. The van der Waals surface area contributed by atoms with E-state index in [-0.39, 0.29) is 31.9 Å². The maximum atomic E-state index is 12.7. The van der Waals surface area contributed by atoms with Gasteiger partial charge in [-0.15, -0.1) is 0 Å². The Morgan fingerprint density at radius 2 is 1.86 bits per heavy atom. The summed E-state index contributed by atoms with van der Waals surface area (Å²) in [6.07, 6.45) is -3.30. The Balaban J connectivity index is 2.73. The standard InChI is InChI=1S/C12H6Cl2F3N3OS/c1-22(21)11-8(4-18)19-20-10(11)9-6(13)2-5(3-7(9)14)12(15,16)17/h2-3H,1H3,(H,19,20). The van der Waals surface area contributed by atoms with E-state index < -0.39 is 22.5 Å². The summed E-state index contributed by atoms with van der Waals surface area (Å²) in [4.78, 5) is 0.0334. The molecule has 0 bridgehead atoms. The van der Waals surface area contributed by atoms with E-state index in [4.69, 9.17) is 28.5 Å². The van der Waals surface area contributed by atoms with Crippen LogP contribution in [0.3, 0.4) is 0 Å². The van der Waals surface area contributed by atoms with Gasteiger partial charge in [-0.05, 0) is 12.1 Å². The van der Waals surface area contributed by atoms with Crippen LogP contribution in [0.1, 0.15) is 11.3 Å². The zero-order valence-electron chi connectivity index (χ0n) is 10.8. The molecular formula is C12H6Cl2F3N3OS. The summed E-state index contributed by atoms with van der Waals surface area (Å²) in [6.45, 7) is 0. The maximum absolute atomic E-state index is 12.7. The number of aromatic nitrogens is 2. The van der Waals surface area contributed by atoms with Gasteiger partial charge in [-0.25, -0.2) is 0 Å². The molecule has 1 heterocycles. The molecule has 22 heavy (non-hydrogen) atoms. The van der Waals surface area contributed by atoms with Gasteiger partial charge in [-0.2, -0.15) is 23.5 Å². The van der Waals surface area contributed by atoms with Crippen LogP contribution in [0.25, 0.3) is 11.3 Å². The van der Waals surface area contributed by atoms with Crippen molar-refractivity contribution < 1.29 is 17.4 Å². The van der Waals surface area contributed by atoms with Crippen LogP contribution < -0.4 is 0 Å². The van der Waals surface area contributed by atoms with E-state index in [1.54, 1.807) is 6.07 Å². The van der Waals surface area contributed by atoms with Crippen LogP contribution in [0, 0.1) is 11.3 Å². The molecule has 10 heteroatoms. The molecule has 0 amide bonds. The van der Waals surface area contributed by atoms with E-state index in [0.29, 0.717) is 12.1 Å². The van der Waals surface area contributed by atoms with Crippen molar-refractivity contribution in [2.75, 3.05) is 6.26 Å². The summed E-state index contributed by atoms with van der Waals surface area (Å²) >= 11 is 11.8. The first kappa shape index (κ1) is 16.8. The SMILES string of the molecule is CS(=O)c1c(C#N)n[nH]c1-c1c(Cl)cc(C(F)(F)F)cc1Cl. The maximum Gasteiger partial charge on any atom is 0.416 e. The van der Waals surface area contributed by atoms with Gasteiger partial charge in [0.15, 0.2) is 5.69 Å². The summed E-state index contributed by atoms with van der Waals surface area (Å²) in [5, 5.41) is 14.5. The molecule has 1 aromatic heterocycles. The number of aromatic amines is 1. The van der Waals surface area contributed by atoms with Crippen molar-refractivity contribution in [1.29, 1.82) is 5.26 Å². The minimum Gasteiger partial charge on any atom is -0.275 e. The number of benzene rings is 1. The summed E-state index contributed by atoms with van der Waals surface area (Å²) < 4.78 is 49.9. The first-order chi connectivity index (χ1) is 10.2. The van der Waals surface area contributed by atoms with Crippen molar-refractivity contribution in [3.63, 3.8) is 0 Å². The molecule has 4 nitrogen and oxygen atoms in total. The summed E-state index contributed by atoms with van der Waals surface area (Å²) in [5.41, 5.74) is -1.08. The first-order valence-corrected chi connectivity index (χ1v) is 7.86. The Labute approximate surface area is 135 Å². The molecule has 0 saturated heterocycles. The summed E-state index contributed by atoms with van der Waals surface area (Å²) in [6, 6.07) is 3.15. The first-order valence-electron chi connectivity index (χ1n) is 5.55. The molecule has 0 aliphatic rings. The van der Waals surface area contributed by atoms with E-state index in [0.717, 1.165) is 0 Å². The quantitative estimate of drug-likeness (QED) is 0.871. The van der Waals surface area contributed by atoms with E-state index >= 15 is 0 Å². The Morgan fingerprint density at radius 1 is 1.32 bits per heavy atom. The molecule has 116 valence electrons. The van der Waals surface area contributed by atoms with Crippen molar-refractivity contribution in [1.82, 2.24) is 10.2 Å². The lowest BCUT2D eigenvalue weighted by atomic mass is 10.1. The number of nitriles is 1. The number of alkyl halides is 3. The van der Waals surface area contributed by atoms with Crippen LogP contribution in [-0.4, -0.2) is 20.7 Å². The van der Waals surface area contributed by atoms with Gasteiger partial charge in [0.25, 0.3) is 0 Å². The van der Waals surface area contributed by atoms with E-state index in [1.165, 1.54) is 6.26 Å². The lowest BCUT2D eigenvalue weighted by Gasteiger charge is -2.12. The number of nitrogens with zero attached hydrogens (tertiary/aromatic N) is 2. The van der Waals surface area contributed by atoms with Gasteiger partial charge in [0.2, 0.25) is 0 Å². The molecule has 0 spiro atoms. The average molecular weight is 368 g/mol. The molecule has 0 aliphatic heterocycles. The third kappa shape index (κ3) is 2.97. The predicted molar refractivity (Wildman–Crippen MR) is 76.1 cm³/mol. The van der Waals surface area contributed by atoms with Gasteiger partial charge in [0.05, 0.1) is 32.1 Å². The predicted octanol–water partition coefficient (Wildman–Crippen LogP) is 4.01. The monoisotopic (exact) mass is 367 g/mol. The highest BCUT2D eigenvalue weighted by molar-refractivity contribution is 7.84. The van der Waals surface area contributed by atoms with Crippen molar-refractivity contribution in [3.8, 4) is 17.3 Å². The summed E-state index contributed by atoms with van der Waals surface area (Å²) in [7, 11) is -1.62. The molecule has 1 atom stereocenters. The minimum absolute atomic E-state index is 0.00975. The molecule has 0 fully saturated rings. The zero-order chi connectivity index (χ0) is 16.7. The fraction of sp³-hybridized carbons (Fsp3) is 0.167. The van der Waals surface area contributed by atoms with Crippen molar-refractivity contribution in [2.45, 2.75) is 11.1 Å². The molecule has 1 N–H and O–H groups in total. The van der Waals surface area contributed by atoms with Crippen LogP contribution >= 0.6 is 23.2 Å². The molecular weight excluding hydrogens is 362 g/mol. The number of hydrogen-bond acceptors (Lipinski definition) is 3. The van der Waals surface area contributed by atoms with Gasteiger partial charge in [-0.1, -0.05) is 23.2 Å². The Morgan fingerprint density at radius 3 is 2.27 bits per heavy atom. The topological polar surface area (TPSA) is 69.5 Å². The lowest BCUT2D eigenvalue weighted by Crippen LogP contribution is -2.05. The van der Waals surface area contributed by atoms with Gasteiger partial charge in [0.1, 0.15) is 11.0 Å². The molecule has 0 saturated carbocycles. The Hall–Kier alpha value is -1.56. The summed E-state index contributed by atoms with van der Waals surface area (Å²) in [5.74, 6) is 0. The number of nitrogens with one attached hydrogen (secondary N) is 1. The number of halogens is 5. The smallest absolute Gasteiger partial charge is 0.275 e. The molecule has 0 aliphatic carbocycles. The molecule has 2 aromatic rings. The highest BCUT2D eigenvalue weighted by Crippen LogP contribution is 2.41. The number of rotatable bonds is 2. The average Bonchev–Trinajstić information content (AvgIpc) is 2.80. The van der Waals surface area contributed by atoms with Crippen molar-refractivity contribution in [3.05, 3.63) is 33.4 Å².